The normalized spacial score (nSPS) is 22.1. The highest BCUT2D eigenvalue weighted by Gasteiger charge is 2.25. The number of likely N-dealkylation sites (tertiary alicyclic amines) is 1. The van der Waals surface area contributed by atoms with Crippen molar-refractivity contribution in [3.63, 3.8) is 0 Å². The zero-order valence-corrected chi connectivity index (χ0v) is 17.1. The average molecular weight is 393 g/mol. The Balaban J connectivity index is 1.59. The number of aromatic nitrogens is 2. The van der Waals surface area contributed by atoms with Crippen LogP contribution in [0.15, 0.2) is 36.5 Å². The molecule has 0 spiro atoms. The van der Waals surface area contributed by atoms with E-state index in [1.807, 2.05) is 30.5 Å². The number of nitrogens with two attached hydrogens (primary N) is 1. The molecular formula is C23H28N4O2. The van der Waals surface area contributed by atoms with Gasteiger partial charge in [0.1, 0.15) is 18.9 Å². The first-order valence-electron chi connectivity index (χ1n) is 10.5. The van der Waals surface area contributed by atoms with Crippen LogP contribution < -0.4 is 15.2 Å². The van der Waals surface area contributed by atoms with Gasteiger partial charge in [-0.25, -0.2) is 4.98 Å². The maximum atomic E-state index is 6.11. The van der Waals surface area contributed by atoms with E-state index in [4.69, 9.17) is 20.2 Å². The minimum Gasteiger partial charge on any atom is -0.486 e. The molecule has 0 bridgehead atoms. The molecular weight excluding hydrogens is 364 g/mol. The Morgan fingerprint density at radius 2 is 1.79 bits per heavy atom. The summed E-state index contributed by atoms with van der Waals surface area (Å²) in [5.41, 5.74) is 11.0. The quantitative estimate of drug-likeness (QED) is 0.734. The van der Waals surface area contributed by atoms with E-state index in [0.717, 1.165) is 53.7 Å². The molecule has 6 nitrogen and oxygen atoms in total. The van der Waals surface area contributed by atoms with Crippen LogP contribution in [-0.4, -0.2) is 40.6 Å². The number of anilines is 1. The Labute approximate surface area is 171 Å². The van der Waals surface area contributed by atoms with Gasteiger partial charge in [0.15, 0.2) is 11.5 Å². The molecule has 2 N–H and O–H groups in total. The Kier molecular flexibility index (Phi) is 4.59. The number of hydrogen-bond acceptors (Lipinski definition) is 5. The lowest BCUT2D eigenvalue weighted by Crippen LogP contribution is -2.38. The minimum absolute atomic E-state index is 0.578. The number of nitrogen functional groups attached to an aromatic ring is 1. The van der Waals surface area contributed by atoms with Crippen molar-refractivity contribution in [3.8, 4) is 22.8 Å². The summed E-state index contributed by atoms with van der Waals surface area (Å²) in [5.74, 6) is 3.01. The molecule has 1 saturated heterocycles. The van der Waals surface area contributed by atoms with Crippen LogP contribution in [-0.2, 0) is 6.54 Å². The van der Waals surface area contributed by atoms with Gasteiger partial charge in [-0.1, -0.05) is 13.8 Å². The molecule has 29 heavy (non-hydrogen) atoms. The zero-order valence-electron chi connectivity index (χ0n) is 17.1. The van der Waals surface area contributed by atoms with E-state index >= 15 is 0 Å². The van der Waals surface area contributed by atoms with Crippen LogP contribution >= 0.6 is 0 Å². The summed E-state index contributed by atoms with van der Waals surface area (Å²) in [6.45, 7) is 8.93. The molecule has 2 atom stereocenters. The fourth-order valence-electron chi connectivity index (χ4n) is 4.82. The highest BCUT2D eigenvalue weighted by Crippen LogP contribution is 2.36. The number of fused-ring (bicyclic) bond motifs is 2. The number of benzene rings is 1. The second-order valence-electron chi connectivity index (χ2n) is 8.60. The first kappa shape index (κ1) is 18.3. The van der Waals surface area contributed by atoms with Crippen molar-refractivity contribution in [1.29, 1.82) is 0 Å². The Morgan fingerprint density at radius 1 is 1.03 bits per heavy atom. The molecule has 0 saturated carbocycles. The fraction of sp³-hybridized carbons (Fsp3) is 0.435. The smallest absolute Gasteiger partial charge is 0.162 e. The van der Waals surface area contributed by atoms with Gasteiger partial charge >= 0.3 is 0 Å². The third-order valence-corrected chi connectivity index (χ3v) is 5.87. The van der Waals surface area contributed by atoms with Crippen molar-refractivity contribution in [2.45, 2.75) is 26.8 Å². The predicted octanol–water partition coefficient (Wildman–Crippen LogP) is 3.83. The lowest BCUT2D eigenvalue weighted by molar-refractivity contribution is 0.133. The van der Waals surface area contributed by atoms with Gasteiger partial charge in [0.25, 0.3) is 0 Å². The molecule has 0 amide bonds. The monoisotopic (exact) mass is 392 g/mol. The first-order valence-corrected chi connectivity index (χ1v) is 10.5. The molecule has 0 aliphatic carbocycles. The first-order chi connectivity index (χ1) is 14.1. The molecule has 5 rings (SSSR count). The number of rotatable bonds is 3. The molecule has 6 heteroatoms. The highest BCUT2D eigenvalue weighted by atomic mass is 16.6. The maximum absolute atomic E-state index is 6.11. The van der Waals surface area contributed by atoms with E-state index in [0.29, 0.717) is 25.0 Å². The van der Waals surface area contributed by atoms with Crippen molar-refractivity contribution < 1.29 is 9.47 Å². The molecule has 2 aliphatic rings. The van der Waals surface area contributed by atoms with Gasteiger partial charge in [-0.3, -0.25) is 4.90 Å². The average Bonchev–Trinajstić information content (AvgIpc) is 3.04. The van der Waals surface area contributed by atoms with Crippen LogP contribution in [0.25, 0.3) is 16.9 Å². The van der Waals surface area contributed by atoms with Crippen molar-refractivity contribution in [1.82, 2.24) is 14.3 Å². The zero-order chi connectivity index (χ0) is 20.0. The van der Waals surface area contributed by atoms with Gasteiger partial charge in [0, 0.05) is 37.1 Å². The number of hydrogen-bond donors (Lipinski definition) is 1. The standard InChI is InChI=1S/C23H28N4O2/c1-15-9-16(2)12-26(11-15)14-19-23(25-22-6-4-18(24)13-27(19)22)17-3-5-20-21(10-17)29-8-7-28-20/h3-6,10,13,15-16H,7-9,11-12,14,24H2,1-2H3. The van der Waals surface area contributed by atoms with Crippen molar-refractivity contribution in [2.24, 2.45) is 11.8 Å². The van der Waals surface area contributed by atoms with E-state index in [-0.39, 0.29) is 0 Å². The maximum Gasteiger partial charge on any atom is 0.162 e. The second-order valence-corrected chi connectivity index (χ2v) is 8.60. The molecule has 2 aromatic heterocycles. The van der Waals surface area contributed by atoms with E-state index in [1.54, 1.807) is 0 Å². The topological polar surface area (TPSA) is 65.0 Å². The van der Waals surface area contributed by atoms with Crippen LogP contribution in [0.5, 0.6) is 11.5 Å². The molecule has 2 aliphatic heterocycles. The van der Waals surface area contributed by atoms with E-state index in [1.165, 1.54) is 12.1 Å². The SMILES string of the molecule is CC1CC(C)CN(Cc2c(-c3ccc4c(c3)OCCO4)nc3ccc(N)cn23)C1. The highest BCUT2D eigenvalue weighted by molar-refractivity contribution is 5.70. The van der Waals surface area contributed by atoms with Crippen LogP contribution in [0.2, 0.25) is 0 Å². The van der Waals surface area contributed by atoms with Crippen LogP contribution in [0.1, 0.15) is 26.0 Å². The van der Waals surface area contributed by atoms with Gasteiger partial charge < -0.3 is 19.6 Å². The number of piperidine rings is 1. The number of ether oxygens (including phenoxy) is 2. The Hall–Kier alpha value is -2.73. The molecule has 1 fully saturated rings. The van der Waals surface area contributed by atoms with Gasteiger partial charge in [-0.05, 0) is 48.6 Å². The fourth-order valence-corrected chi connectivity index (χ4v) is 4.82. The predicted molar refractivity (Wildman–Crippen MR) is 114 cm³/mol. The number of nitrogens with zero attached hydrogens (tertiary/aromatic N) is 3. The molecule has 152 valence electrons. The molecule has 4 heterocycles. The second kappa shape index (κ2) is 7.26. The summed E-state index contributed by atoms with van der Waals surface area (Å²) >= 11 is 0. The van der Waals surface area contributed by atoms with Crippen LogP contribution in [0.4, 0.5) is 5.69 Å². The molecule has 0 radical (unpaired) electrons. The minimum atomic E-state index is 0.578. The summed E-state index contributed by atoms with van der Waals surface area (Å²) in [6.07, 6.45) is 3.28. The lowest BCUT2D eigenvalue weighted by Gasteiger charge is -2.35. The molecule has 3 aromatic rings. The summed E-state index contributed by atoms with van der Waals surface area (Å²) in [4.78, 5) is 7.51. The van der Waals surface area contributed by atoms with Crippen molar-refractivity contribution >= 4 is 11.3 Å². The summed E-state index contributed by atoms with van der Waals surface area (Å²) in [5, 5.41) is 0. The van der Waals surface area contributed by atoms with E-state index < -0.39 is 0 Å². The van der Waals surface area contributed by atoms with Crippen LogP contribution in [0.3, 0.4) is 0 Å². The van der Waals surface area contributed by atoms with Crippen LogP contribution in [0, 0.1) is 11.8 Å². The van der Waals surface area contributed by atoms with Gasteiger partial charge in [0.2, 0.25) is 0 Å². The summed E-state index contributed by atoms with van der Waals surface area (Å²) in [7, 11) is 0. The summed E-state index contributed by atoms with van der Waals surface area (Å²) < 4.78 is 13.6. The van der Waals surface area contributed by atoms with E-state index in [2.05, 4.69) is 29.2 Å². The van der Waals surface area contributed by atoms with Crippen molar-refractivity contribution in [2.75, 3.05) is 32.0 Å². The third-order valence-electron chi connectivity index (χ3n) is 5.87. The largest absolute Gasteiger partial charge is 0.486 e. The lowest BCUT2D eigenvalue weighted by atomic mass is 9.92. The van der Waals surface area contributed by atoms with Gasteiger partial charge in [-0.2, -0.15) is 0 Å². The Bertz CT molecular complexity index is 1030. The van der Waals surface area contributed by atoms with Crippen molar-refractivity contribution in [3.05, 3.63) is 42.2 Å². The van der Waals surface area contributed by atoms with E-state index in [9.17, 15) is 0 Å². The third kappa shape index (κ3) is 3.53. The Morgan fingerprint density at radius 3 is 2.59 bits per heavy atom. The summed E-state index contributed by atoms with van der Waals surface area (Å²) in [6, 6.07) is 10.00. The van der Waals surface area contributed by atoms with Gasteiger partial charge in [0.05, 0.1) is 11.4 Å². The molecule has 1 aromatic carbocycles. The number of imidazole rings is 1. The molecule has 2 unspecified atom stereocenters. The van der Waals surface area contributed by atoms with Gasteiger partial charge in [-0.15, -0.1) is 0 Å². The number of pyridine rings is 1.